The number of anilines is 6. The number of benzene rings is 10. The SMILES string of the molecule is CC(C)(C)c1ccc(N(c2ccc(C(C)(C)C)cc2)c2ccc3c(c2)C2(c4ccccc4-c4ccccc42)c2cc(N(c4ccc(C(C)(C)C)cc4)c4ccc(C(C)(C)C)cc4)c4oc5cc(-c6ccccc6)ccc5c4c2-3)cc1. The third-order valence-corrected chi connectivity index (χ3v) is 17.3. The number of nitrogens with zero attached hydrogens (tertiary/aromatic N) is 2. The average Bonchev–Trinajstić information content (AvgIpc) is 4.25. The highest BCUT2D eigenvalue weighted by molar-refractivity contribution is 6.20. The van der Waals surface area contributed by atoms with Crippen LogP contribution < -0.4 is 9.80 Å². The maximum Gasteiger partial charge on any atom is 0.160 e. The van der Waals surface area contributed by atoms with Crippen LogP contribution in [0, 0.1) is 0 Å². The predicted molar refractivity (Wildman–Crippen MR) is 340 cm³/mol. The molecule has 0 bridgehead atoms. The molecule has 396 valence electrons. The van der Waals surface area contributed by atoms with Crippen LogP contribution in [0.4, 0.5) is 34.1 Å². The molecule has 0 unspecified atom stereocenters. The van der Waals surface area contributed by atoms with Gasteiger partial charge in [-0.1, -0.05) is 223 Å². The Kier molecular flexibility index (Phi) is 11.7. The Labute approximate surface area is 474 Å². The van der Waals surface area contributed by atoms with Crippen LogP contribution in [-0.2, 0) is 27.1 Å². The molecule has 13 rings (SSSR count). The van der Waals surface area contributed by atoms with Gasteiger partial charge in [0.25, 0.3) is 0 Å². The summed E-state index contributed by atoms with van der Waals surface area (Å²) in [7, 11) is 0. The average molecular weight is 1040 g/mol. The molecule has 0 saturated carbocycles. The van der Waals surface area contributed by atoms with Crippen LogP contribution >= 0.6 is 0 Å². The second kappa shape index (κ2) is 18.3. The Morgan fingerprint density at radius 2 is 0.750 bits per heavy atom. The first-order valence-electron chi connectivity index (χ1n) is 28.7. The topological polar surface area (TPSA) is 19.6 Å². The van der Waals surface area contributed by atoms with Crippen LogP contribution in [0.25, 0.3) is 55.3 Å². The van der Waals surface area contributed by atoms with Crippen LogP contribution in [0.2, 0.25) is 0 Å². The maximum atomic E-state index is 7.55. The summed E-state index contributed by atoms with van der Waals surface area (Å²) in [5.41, 5.74) is 24.9. The molecule has 0 radical (unpaired) electrons. The fourth-order valence-electron chi connectivity index (χ4n) is 13.0. The number of hydrogen-bond acceptors (Lipinski definition) is 3. The molecule has 2 aliphatic rings. The minimum absolute atomic E-state index is 0.0125. The van der Waals surface area contributed by atoms with Crippen molar-refractivity contribution in [1.82, 2.24) is 0 Å². The van der Waals surface area contributed by atoms with Gasteiger partial charge in [-0.25, -0.2) is 0 Å². The van der Waals surface area contributed by atoms with Crippen molar-refractivity contribution in [2.45, 2.75) is 110 Å². The third kappa shape index (κ3) is 8.22. The van der Waals surface area contributed by atoms with Gasteiger partial charge in [-0.3, -0.25) is 0 Å². The highest BCUT2D eigenvalue weighted by Gasteiger charge is 2.53. The Morgan fingerprint density at radius 3 is 1.21 bits per heavy atom. The monoisotopic (exact) mass is 1040 g/mol. The van der Waals surface area contributed by atoms with Gasteiger partial charge in [0.1, 0.15) is 5.58 Å². The smallest absolute Gasteiger partial charge is 0.160 e. The summed E-state index contributed by atoms with van der Waals surface area (Å²) in [4.78, 5) is 4.92. The third-order valence-electron chi connectivity index (χ3n) is 17.3. The number of fused-ring (bicyclic) bond motifs is 14. The van der Waals surface area contributed by atoms with Gasteiger partial charge in [0, 0.05) is 39.2 Å². The molecule has 0 amide bonds. The minimum Gasteiger partial charge on any atom is -0.454 e. The second-order valence-electron chi connectivity index (χ2n) is 26.6. The Balaban J connectivity index is 1.15. The Morgan fingerprint density at radius 1 is 0.325 bits per heavy atom. The molecule has 11 aromatic rings. The van der Waals surface area contributed by atoms with Crippen molar-refractivity contribution in [2.75, 3.05) is 9.80 Å². The van der Waals surface area contributed by atoms with Gasteiger partial charge < -0.3 is 14.2 Å². The molecule has 0 N–H and O–H groups in total. The molecular weight excluding hydrogens is 969 g/mol. The molecule has 2 aliphatic carbocycles. The molecule has 3 heteroatoms. The lowest BCUT2D eigenvalue weighted by Gasteiger charge is -2.33. The van der Waals surface area contributed by atoms with Gasteiger partial charge >= 0.3 is 0 Å². The summed E-state index contributed by atoms with van der Waals surface area (Å²) >= 11 is 0. The van der Waals surface area contributed by atoms with E-state index in [1.54, 1.807) is 0 Å². The van der Waals surface area contributed by atoms with E-state index >= 15 is 0 Å². The van der Waals surface area contributed by atoms with E-state index in [-0.39, 0.29) is 21.7 Å². The molecule has 0 atom stereocenters. The van der Waals surface area contributed by atoms with Crippen molar-refractivity contribution in [3.63, 3.8) is 0 Å². The molecule has 0 fully saturated rings. The number of rotatable bonds is 7. The molecule has 0 saturated heterocycles. The second-order valence-corrected chi connectivity index (χ2v) is 26.6. The van der Waals surface area contributed by atoms with Crippen LogP contribution in [0.5, 0.6) is 0 Å². The fraction of sp³-hybridized carbons (Fsp3) is 0.221. The standard InChI is InChI=1S/C77H72N2O/c1-73(2,3)51-27-35-55(36-28-51)78(56-37-29-52(30-38-56)74(4,5)6)59-43-45-62-66(47-59)77(64-24-18-16-22-60(64)61-23-17-19-25-65(61)77)67-48-68(72-71(70(62)67)63-44-26-50(46-69(63)80-72)49-20-14-13-15-21-49)79(57-39-31-53(32-40-57)75(7,8)9)58-41-33-54(34-42-58)76(10,11)12/h13-48H,1-12H3. The molecule has 0 aliphatic heterocycles. The van der Waals surface area contributed by atoms with Gasteiger partial charge in [-0.05, 0) is 178 Å². The normalized spacial score (nSPS) is 13.6. The highest BCUT2D eigenvalue weighted by Crippen LogP contribution is 2.66. The van der Waals surface area contributed by atoms with Gasteiger partial charge in [0.2, 0.25) is 0 Å². The molecule has 10 aromatic carbocycles. The van der Waals surface area contributed by atoms with Crippen molar-refractivity contribution < 1.29 is 4.42 Å². The van der Waals surface area contributed by atoms with Crippen molar-refractivity contribution >= 4 is 56.1 Å². The zero-order chi connectivity index (χ0) is 55.7. The molecule has 1 spiro atoms. The summed E-state index contributed by atoms with van der Waals surface area (Å²) in [5.74, 6) is 0. The number of furan rings is 1. The summed E-state index contributed by atoms with van der Waals surface area (Å²) in [5, 5.41) is 2.21. The molecule has 3 nitrogen and oxygen atoms in total. The maximum absolute atomic E-state index is 7.55. The van der Waals surface area contributed by atoms with Crippen molar-refractivity contribution in [2.24, 2.45) is 0 Å². The highest BCUT2D eigenvalue weighted by atomic mass is 16.3. The van der Waals surface area contributed by atoms with E-state index in [1.807, 2.05) is 0 Å². The van der Waals surface area contributed by atoms with E-state index in [2.05, 4.69) is 311 Å². The van der Waals surface area contributed by atoms with Gasteiger partial charge in [-0.15, -0.1) is 0 Å². The lowest BCUT2D eigenvalue weighted by molar-refractivity contribution is 0.590. The summed E-state index contributed by atoms with van der Waals surface area (Å²) in [6.45, 7) is 27.5. The summed E-state index contributed by atoms with van der Waals surface area (Å²) in [6, 6.07) is 82.6. The van der Waals surface area contributed by atoms with Crippen molar-refractivity contribution in [1.29, 1.82) is 0 Å². The lowest BCUT2D eigenvalue weighted by atomic mass is 9.70. The zero-order valence-electron chi connectivity index (χ0n) is 48.6. The van der Waals surface area contributed by atoms with Crippen LogP contribution in [-0.4, -0.2) is 0 Å². The van der Waals surface area contributed by atoms with Crippen LogP contribution in [0.15, 0.2) is 223 Å². The van der Waals surface area contributed by atoms with E-state index in [1.165, 1.54) is 66.8 Å². The van der Waals surface area contributed by atoms with E-state index in [0.29, 0.717) is 0 Å². The first-order chi connectivity index (χ1) is 38.2. The van der Waals surface area contributed by atoms with Crippen molar-refractivity contribution in [3.05, 3.63) is 263 Å². The minimum atomic E-state index is -0.708. The first kappa shape index (κ1) is 51.1. The largest absolute Gasteiger partial charge is 0.454 e. The first-order valence-corrected chi connectivity index (χ1v) is 28.7. The summed E-state index contributed by atoms with van der Waals surface area (Å²) in [6.07, 6.45) is 0. The number of hydrogen-bond donors (Lipinski definition) is 0. The van der Waals surface area contributed by atoms with E-state index in [4.69, 9.17) is 4.42 Å². The quantitative estimate of drug-likeness (QED) is 0.159. The molecule has 1 aromatic heterocycles. The fourth-order valence-corrected chi connectivity index (χ4v) is 13.0. The van der Waals surface area contributed by atoms with Gasteiger partial charge in [0.15, 0.2) is 5.58 Å². The van der Waals surface area contributed by atoms with E-state index in [0.717, 1.165) is 67.2 Å². The van der Waals surface area contributed by atoms with Crippen LogP contribution in [0.3, 0.4) is 0 Å². The van der Waals surface area contributed by atoms with E-state index in [9.17, 15) is 0 Å². The Bertz CT molecular complexity index is 4010. The lowest BCUT2D eigenvalue weighted by Crippen LogP contribution is -2.26. The van der Waals surface area contributed by atoms with Gasteiger partial charge in [0.05, 0.1) is 11.1 Å². The predicted octanol–water partition coefficient (Wildman–Crippen LogP) is 21.7. The zero-order valence-corrected chi connectivity index (χ0v) is 48.6. The molecule has 1 heterocycles. The summed E-state index contributed by atoms with van der Waals surface area (Å²) < 4.78 is 7.55. The van der Waals surface area contributed by atoms with E-state index < -0.39 is 5.41 Å². The van der Waals surface area contributed by atoms with Crippen molar-refractivity contribution in [3.8, 4) is 33.4 Å². The van der Waals surface area contributed by atoms with Crippen LogP contribution in [0.1, 0.15) is 128 Å². The molecule has 80 heavy (non-hydrogen) atoms. The van der Waals surface area contributed by atoms with Gasteiger partial charge in [-0.2, -0.15) is 0 Å². The Hall–Kier alpha value is -8.40. The molecular formula is C77H72N2O.